The highest BCUT2D eigenvalue weighted by Gasteiger charge is 2.34. The molecule has 4 nitrogen and oxygen atoms in total. The molecule has 0 unspecified atom stereocenters. The fraction of sp³-hybridized carbons (Fsp3) is 0.364. The third-order valence-corrected chi connectivity index (χ3v) is 2.18. The molecule has 0 aromatic heterocycles. The van der Waals surface area contributed by atoms with E-state index in [2.05, 4.69) is 5.32 Å². The minimum Gasteiger partial charge on any atom is -0.497 e. The lowest BCUT2D eigenvalue weighted by Crippen LogP contribution is -2.19. The molecule has 7 heteroatoms. The van der Waals surface area contributed by atoms with Crippen molar-refractivity contribution in [2.45, 2.75) is 12.6 Å². The molecule has 3 N–H and O–H groups in total. The van der Waals surface area contributed by atoms with Crippen LogP contribution in [-0.2, 0) is 11.0 Å². The Labute approximate surface area is 102 Å². The van der Waals surface area contributed by atoms with E-state index >= 15 is 0 Å². The first-order valence-corrected chi connectivity index (χ1v) is 5.13. The van der Waals surface area contributed by atoms with Crippen LogP contribution in [0, 0.1) is 0 Å². The Balaban J connectivity index is 3.07. The molecule has 0 bridgehead atoms. The number of nitrogens with two attached hydrogens (primary N) is 1. The van der Waals surface area contributed by atoms with Crippen LogP contribution in [0.1, 0.15) is 12.0 Å². The fourth-order valence-electron chi connectivity index (χ4n) is 1.34. The fourth-order valence-corrected chi connectivity index (χ4v) is 1.34. The van der Waals surface area contributed by atoms with Crippen molar-refractivity contribution in [1.29, 1.82) is 0 Å². The third kappa shape index (κ3) is 3.63. The van der Waals surface area contributed by atoms with Gasteiger partial charge in [0, 0.05) is 13.0 Å². The molecule has 0 fully saturated rings. The smallest absolute Gasteiger partial charge is 0.418 e. The lowest BCUT2D eigenvalue weighted by atomic mass is 10.1. The molecular weight excluding hydrogens is 249 g/mol. The molecule has 0 heterocycles. The second-order valence-corrected chi connectivity index (χ2v) is 3.50. The van der Waals surface area contributed by atoms with Crippen LogP contribution in [0.2, 0.25) is 0 Å². The van der Waals surface area contributed by atoms with Crippen molar-refractivity contribution in [1.82, 2.24) is 0 Å². The molecule has 0 aliphatic rings. The van der Waals surface area contributed by atoms with Gasteiger partial charge in [0.05, 0.1) is 18.4 Å². The first kappa shape index (κ1) is 14.3. The van der Waals surface area contributed by atoms with Crippen LogP contribution in [0.3, 0.4) is 0 Å². The van der Waals surface area contributed by atoms with Crippen molar-refractivity contribution in [2.24, 2.45) is 5.73 Å². The maximum atomic E-state index is 12.8. The minimum atomic E-state index is -4.57. The van der Waals surface area contributed by atoms with Crippen molar-refractivity contribution < 1.29 is 22.7 Å². The average Bonchev–Trinajstić information content (AvgIpc) is 2.28. The standard InChI is InChI=1S/C11H13F3N2O2/c1-18-7-2-3-9(16-10(17)4-5-15)8(6-7)11(12,13)14/h2-3,6H,4-5,15H2,1H3,(H,16,17). The highest BCUT2D eigenvalue weighted by atomic mass is 19.4. The van der Waals surface area contributed by atoms with Crippen molar-refractivity contribution in [3.8, 4) is 5.75 Å². The number of carbonyl (C=O) groups excluding carboxylic acids is 1. The Morgan fingerprint density at radius 3 is 2.61 bits per heavy atom. The van der Waals surface area contributed by atoms with E-state index in [0.29, 0.717) is 0 Å². The lowest BCUT2D eigenvalue weighted by Gasteiger charge is -2.14. The first-order valence-electron chi connectivity index (χ1n) is 5.13. The molecule has 1 aromatic rings. The Kier molecular flexibility index (Phi) is 4.55. The van der Waals surface area contributed by atoms with Crippen molar-refractivity contribution in [2.75, 3.05) is 19.0 Å². The Morgan fingerprint density at radius 2 is 2.11 bits per heavy atom. The summed E-state index contributed by atoms with van der Waals surface area (Å²) in [5.41, 5.74) is 3.89. The summed E-state index contributed by atoms with van der Waals surface area (Å²) in [4.78, 5) is 11.3. The minimum absolute atomic E-state index is 0.0384. The summed E-state index contributed by atoms with van der Waals surface area (Å²) in [6.45, 7) is 0.0728. The Morgan fingerprint density at radius 1 is 1.44 bits per heavy atom. The predicted octanol–water partition coefficient (Wildman–Crippen LogP) is 2.00. The van der Waals surface area contributed by atoms with Gasteiger partial charge in [-0.1, -0.05) is 0 Å². The number of hydrogen-bond acceptors (Lipinski definition) is 3. The average molecular weight is 262 g/mol. The SMILES string of the molecule is COc1ccc(NC(=O)CCN)c(C(F)(F)F)c1. The molecule has 0 spiro atoms. The highest BCUT2D eigenvalue weighted by molar-refractivity contribution is 5.91. The molecule has 0 atom stereocenters. The van der Waals surface area contributed by atoms with E-state index in [1.807, 2.05) is 0 Å². The van der Waals surface area contributed by atoms with Gasteiger partial charge < -0.3 is 15.8 Å². The molecule has 1 amide bonds. The maximum absolute atomic E-state index is 12.8. The second-order valence-electron chi connectivity index (χ2n) is 3.50. The normalized spacial score (nSPS) is 11.2. The van der Waals surface area contributed by atoms with Gasteiger partial charge in [-0.2, -0.15) is 13.2 Å². The number of alkyl halides is 3. The summed E-state index contributed by atoms with van der Waals surface area (Å²) in [5.74, 6) is -0.493. The summed E-state index contributed by atoms with van der Waals surface area (Å²) < 4.78 is 43.0. The number of halogens is 3. The van der Waals surface area contributed by atoms with E-state index in [9.17, 15) is 18.0 Å². The lowest BCUT2D eigenvalue weighted by molar-refractivity contribution is -0.137. The van der Waals surface area contributed by atoms with Crippen molar-refractivity contribution in [3.63, 3.8) is 0 Å². The van der Waals surface area contributed by atoms with Crippen LogP contribution in [0.4, 0.5) is 18.9 Å². The summed E-state index contributed by atoms with van der Waals surface area (Å²) in [6, 6.07) is 3.32. The van der Waals surface area contributed by atoms with Gasteiger partial charge in [0.1, 0.15) is 5.75 Å². The number of hydrogen-bond donors (Lipinski definition) is 2. The van der Waals surface area contributed by atoms with Crippen molar-refractivity contribution in [3.05, 3.63) is 23.8 Å². The zero-order chi connectivity index (χ0) is 13.8. The van der Waals surface area contributed by atoms with E-state index in [-0.39, 0.29) is 24.4 Å². The number of carbonyl (C=O) groups is 1. The molecule has 100 valence electrons. The zero-order valence-electron chi connectivity index (χ0n) is 9.67. The monoisotopic (exact) mass is 262 g/mol. The van der Waals surface area contributed by atoms with Crippen LogP contribution in [-0.4, -0.2) is 19.6 Å². The number of rotatable bonds is 4. The van der Waals surface area contributed by atoms with Gasteiger partial charge in [0.15, 0.2) is 0 Å². The molecule has 18 heavy (non-hydrogen) atoms. The van der Waals surface area contributed by atoms with E-state index in [1.165, 1.54) is 13.2 Å². The molecule has 0 saturated heterocycles. The van der Waals surface area contributed by atoms with Gasteiger partial charge in [0.2, 0.25) is 5.91 Å². The summed E-state index contributed by atoms with van der Waals surface area (Å²) in [5, 5.41) is 2.17. The highest BCUT2D eigenvalue weighted by Crippen LogP contribution is 2.37. The molecule has 0 saturated carbocycles. The van der Waals surface area contributed by atoms with Crippen LogP contribution in [0.15, 0.2) is 18.2 Å². The molecule has 0 radical (unpaired) electrons. The van der Waals surface area contributed by atoms with E-state index in [4.69, 9.17) is 10.5 Å². The van der Waals surface area contributed by atoms with E-state index in [0.717, 1.165) is 12.1 Å². The van der Waals surface area contributed by atoms with Crippen LogP contribution in [0.5, 0.6) is 5.75 Å². The topological polar surface area (TPSA) is 64.3 Å². The van der Waals surface area contributed by atoms with E-state index in [1.54, 1.807) is 0 Å². The van der Waals surface area contributed by atoms with Crippen LogP contribution >= 0.6 is 0 Å². The Bertz CT molecular complexity index is 433. The number of anilines is 1. The molecule has 0 aliphatic heterocycles. The van der Waals surface area contributed by atoms with E-state index < -0.39 is 17.6 Å². The van der Waals surface area contributed by atoms with Gasteiger partial charge >= 0.3 is 6.18 Å². The molecule has 1 rings (SSSR count). The second kappa shape index (κ2) is 5.72. The van der Waals surface area contributed by atoms with Gasteiger partial charge in [-0.3, -0.25) is 4.79 Å². The number of ether oxygens (including phenoxy) is 1. The number of methoxy groups -OCH3 is 1. The summed E-state index contributed by atoms with van der Waals surface area (Å²) in [7, 11) is 1.27. The molecule has 0 aliphatic carbocycles. The Hall–Kier alpha value is -1.76. The largest absolute Gasteiger partial charge is 0.497 e. The van der Waals surface area contributed by atoms with Gasteiger partial charge in [-0.15, -0.1) is 0 Å². The van der Waals surface area contributed by atoms with Gasteiger partial charge in [0.25, 0.3) is 0 Å². The van der Waals surface area contributed by atoms with Crippen LogP contribution < -0.4 is 15.8 Å². The predicted molar refractivity (Wildman–Crippen MR) is 60.3 cm³/mol. The van der Waals surface area contributed by atoms with Gasteiger partial charge in [-0.25, -0.2) is 0 Å². The number of benzene rings is 1. The summed E-state index contributed by atoms with van der Waals surface area (Å²) >= 11 is 0. The zero-order valence-corrected chi connectivity index (χ0v) is 9.67. The van der Waals surface area contributed by atoms with Crippen LogP contribution in [0.25, 0.3) is 0 Å². The number of amides is 1. The van der Waals surface area contributed by atoms with Gasteiger partial charge in [-0.05, 0) is 18.2 Å². The molecule has 1 aromatic carbocycles. The first-order chi connectivity index (χ1) is 8.38. The third-order valence-electron chi connectivity index (χ3n) is 2.18. The molecular formula is C11H13F3N2O2. The van der Waals surface area contributed by atoms with Crippen molar-refractivity contribution >= 4 is 11.6 Å². The number of nitrogens with one attached hydrogen (secondary N) is 1. The summed E-state index contributed by atoms with van der Waals surface area (Å²) in [6.07, 6.45) is -4.61. The maximum Gasteiger partial charge on any atom is 0.418 e. The quantitative estimate of drug-likeness (QED) is 0.872.